The molecule has 1 amide bonds. The van der Waals surface area contributed by atoms with Gasteiger partial charge in [0.2, 0.25) is 0 Å². The van der Waals surface area contributed by atoms with Crippen LogP contribution in [0.2, 0.25) is 0 Å². The van der Waals surface area contributed by atoms with Gasteiger partial charge in [0.05, 0.1) is 6.61 Å². The number of likely N-dealkylation sites (N-methyl/N-ethyl adjacent to an activating group) is 1. The molecule has 1 N–H and O–H groups in total. The maximum Gasteiger partial charge on any atom is 0.272 e. The molecule has 0 spiro atoms. The highest BCUT2D eigenvalue weighted by Crippen LogP contribution is 2.06. The van der Waals surface area contributed by atoms with Gasteiger partial charge in [-0.2, -0.15) is 0 Å². The van der Waals surface area contributed by atoms with Gasteiger partial charge in [-0.25, -0.2) is 0 Å². The number of carbonyl (C=O) groups excluding carboxylic acids is 1. The van der Waals surface area contributed by atoms with Crippen LogP contribution in [-0.4, -0.2) is 40.6 Å². The van der Waals surface area contributed by atoms with E-state index in [1.165, 1.54) is 0 Å². The molecule has 0 radical (unpaired) electrons. The standard InChI is InChI=1S/C11H16N2O2/c1-3-13(7-8-14)11(15)10-9(2)5-4-6-12-10/h4-6,14H,3,7-8H2,1-2H3. The molecule has 4 nitrogen and oxygen atoms in total. The molecule has 0 aromatic carbocycles. The van der Waals surface area contributed by atoms with Crippen LogP contribution in [0.1, 0.15) is 23.0 Å². The van der Waals surface area contributed by atoms with Gasteiger partial charge >= 0.3 is 0 Å². The molecule has 1 aromatic rings. The van der Waals surface area contributed by atoms with Crippen LogP contribution in [0.3, 0.4) is 0 Å². The number of hydrogen-bond donors (Lipinski definition) is 1. The molecule has 0 aliphatic rings. The summed E-state index contributed by atoms with van der Waals surface area (Å²) in [6, 6.07) is 3.65. The maximum atomic E-state index is 11.9. The lowest BCUT2D eigenvalue weighted by atomic mass is 10.2. The Balaban J connectivity index is 2.88. The van der Waals surface area contributed by atoms with Crippen molar-refractivity contribution in [3.05, 3.63) is 29.6 Å². The molecule has 82 valence electrons. The topological polar surface area (TPSA) is 53.4 Å². The molecule has 0 aliphatic heterocycles. The molecular formula is C11H16N2O2. The normalized spacial score (nSPS) is 10.1. The molecule has 1 heterocycles. The number of aromatic nitrogens is 1. The van der Waals surface area contributed by atoms with E-state index in [2.05, 4.69) is 4.98 Å². The number of aliphatic hydroxyl groups excluding tert-OH is 1. The molecule has 0 saturated heterocycles. The molecule has 1 aromatic heterocycles. The Labute approximate surface area is 89.6 Å². The number of pyridine rings is 1. The minimum atomic E-state index is -0.121. The summed E-state index contributed by atoms with van der Waals surface area (Å²) in [7, 11) is 0. The maximum absolute atomic E-state index is 11.9. The van der Waals surface area contributed by atoms with E-state index < -0.39 is 0 Å². The van der Waals surface area contributed by atoms with Crippen LogP contribution in [0.15, 0.2) is 18.3 Å². The molecular weight excluding hydrogens is 192 g/mol. The second-order valence-electron chi connectivity index (χ2n) is 3.28. The molecule has 1 rings (SSSR count). The lowest BCUT2D eigenvalue weighted by Gasteiger charge is -2.19. The summed E-state index contributed by atoms with van der Waals surface area (Å²) in [5, 5.41) is 8.82. The van der Waals surface area contributed by atoms with Gasteiger partial charge in [0, 0.05) is 19.3 Å². The van der Waals surface area contributed by atoms with Crippen LogP contribution in [0.25, 0.3) is 0 Å². The van der Waals surface area contributed by atoms with Gasteiger partial charge in [0.25, 0.3) is 5.91 Å². The van der Waals surface area contributed by atoms with E-state index in [1.54, 1.807) is 17.2 Å². The number of nitrogens with zero attached hydrogens (tertiary/aromatic N) is 2. The average Bonchev–Trinajstić information content (AvgIpc) is 2.25. The minimum absolute atomic E-state index is 0.0224. The van der Waals surface area contributed by atoms with E-state index in [0.29, 0.717) is 18.8 Å². The molecule has 0 saturated carbocycles. The molecule has 15 heavy (non-hydrogen) atoms. The second kappa shape index (κ2) is 5.46. The first-order valence-electron chi connectivity index (χ1n) is 5.02. The van der Waals surface area contributed by atoms with Gasteiger partial charge in [-0.1, -0.05) is 6.07 Å². The highest BCUT2D eigenvalue weighted by molar-refractivity contribution is 5.93. The van der Waals surface area contributed by atoms with Gasteiger partial charge in [0.15, 0.2) is 0 Å². The van der Waals surface area contributed by atoms with Crippen molar-refractivity contribution in [1.82, 2.24) is 9.88 Å². The van der Waals surface area contributed by atoms with E-state index in [0.717, 1.165) is 5.56 Å². The van der Waals surface area contributed by atoms with Crippen molar-refractivity contribution in [3.63, 3.8) is 0 Å². The number of aryl methyl sites for hydroxylation is 1. The van der Waals surface area contributed by atoms with Crippen LogP contribution >= 0.6 is 0 Å². The van der Waals surface area contributed by atoms with Crippen LogP contribution in [-0.2, 0) is 0 Å². The molecule has 0 unspecified atom stereocenters. The van der Waals surface area contributed by atoms with Gasteiger partial charge in [0.1, 0.15) is 5.69 Å². The fourth-order valence-corrected chi connectivity index (χ4v) is 1.38. The molecule has 0 fully saturated rings. The van der Waals surface area contributed by atoms with Crippen molar-refractivity contribution in [2.45, 2.75) is 13.8 Å². The van der Waals surface area contributed by atoms with Crippen molar-refractivity contribution in [2.75, 3.05) is 19.7 Å². The Morgan fingerprint density at radius 3 is 2.87 bits per heavy atom. The predicted molar refractivity (Wildman–Crippen MR) is 57.6 cm³/mol. The van der Waals surface area contributed by atoms with Crippen molar-refractivity contribution in [3.8, 4) is 0 Å². The summed E-state index contributed by atoms with van der Waals surface area (Å²) in [5.74, 6) is -0.121. The molecule has 4 heteroatoms. The lowest BCUT2D eigenvalue weighted by molar-refractivity contribution is 0.0725. The van der Waals surface area contributed by atoms with Gasteiger partial charge < -0.3 is 10.0 Å². The van der Waals surface area contributed by atoms with E-state index in [-0.39, 0.29) is 12.5 Å². The van der Waals surface area contributed by atoms with Crippen molar-refractivity contribution in [1.29, 1.82) is 0 Å². The quantitative estimate of drug-likeness (QED) is 0.798. The third-order valence-electron chi connectivity index (χ3n) is 2.25. The Hall–Kier alpha value is -1.42. The fourth-order valence-electron chi connectivity index (χ4n) is 1.38. The van der Waals surface area contributed by atoms with E-state index in [9.17, 15) is 4.79 Å². The summed E-state index contributed by atoms with van der Waals surface area (Å²) in [6.45, 7) is 4.64. The van der Waals surface area contributed by atoms with E-state index >= 15 is 0 Å². The first kappa shape index (κ1) is 11.7. The number of carbonyl (C=O) groups is 1. The van der Waals surface area contributed by atoms with Crippen molar-refractivity contribution >= 4 is 5.91 Å². The number of aliphatic hydroxyl groups is 1. The van der Waals surface area contributed by atoms with Crippen LogP contribution in [0.5, 0.6) is 0 Å². The monoisotopic (exact) mass is 208 g/mol. The van der Waals surface area contributed by atoms with Gasteiger partial charge in [-0.05, 0) is 25.5 Å². The second-order valence-corrected chi connectivity index (χ2v) is 3.28. The Bertz CT molecular complexity index is 339. The largest absolute Gasteiger partial charge is 0.395 e. The van der Waals surface area contributed by atoms with Crippen LogP contribution in [0.4, 0.5) is 0 Å². The van der Waals surface area contributed by atoms with E-state index in [1.807, 2.05) is 19.9 Å². The summed E-state index contributed by atoms with van der Waals surface area (Å²) >= 11 is 0. The zero-order valence-corrected chi connectivity index (χ0v) is 9.10. The zero-order chi connectivity index (χ0) is 11.3. The third-order valence-corrected chi connectivity index (χ3v) is 2.25. The highest BCUT2D eigenvalue weighted by Gasteiger charge is 2.16. The summed E-state index contributed by atoms with van der Waals surface area (Å²) < 4.78 is 0. The van der Waals surface area contributed by atoms with Crippen LogP contribution in [0, 0.1) is 6.92 Å². The first-order chi connectivity index (χ1) is 7.20. The highest BCUT2D eigenvalue weighted by atomic mass is 16.3. The van der Waals surface area contributed by atoms with Gasteiger partial charge in [-0.15, -0.1) is 0 Å². The average molecular weight is 208 g/mol. The smallest absolute Gasteiger partial charge is 0.272 e. The third kappa shape index (κ3) is 2.76. The Morgan fingerprint density at radius 2 is 2.33 bits per heavy atom. The summed E-state index contributed by atoms with van der Waals surface area (Å²) in [4.78, 5) is 17.6. The predicted octanol–water partition coefficient (Wildman–Crippen LogP) is 0.844. The minimum Gasteiger partial charge on any atom is -0.395 e. The summed E-state index contributed by atoms with van der Waals surface area (Å²) in [5.41, 5.74) is 1.33. The lowest BCUT2D eigenvalue weighted by Crippen LogP contribution is -2.34. The molecule has 0 atom stereocenters. The van der Waals surface area contributed by atoms with E-state index in [4.69, 9.17) is 5.11 Å². The SMILES string of the molecule is CCN(CCO)C(=O)c1ncccc1C. The number of hydrogen-bond acceptors (Lipinski definition) is 3. The zero-order valence-electron chi connectivity index (χ0n) is 9.10. The Kier molecular flexibility index (Phi) is 4.24. The number of amides is 1. The first-order valence-corrected chi connectivity index (χ1v) is 5.02. The van der Waals surface area contributed by atoms with Crippen LogP contribution < -0.4 is 0 Å². The molecule has 0 aliphatic carbocycles. The summed E-state index contributed by atoms with van der Waals surface area (Å²) in [6.07, 6.45) is 1.60. The van der Waals surface area contributed by atoms with Crippen molar-refractivity contribution < 1.29 is 9.90 Å². The van der Waals surface area contributed by atoms with Crippen molar-refractivity contribution in [2.24, 2.45) is 0 Å². The Morgan fingerprint density at radius 1 is 1.60 bits per heavy atom. The molecule has 0 bridgehead atoms. The number of rotatable bonds is 4. The fraction of sp³-hybridized carbons (Fsp3) is 0.455. The van der Waals surface area contributed by atoms with Gasteiger partial charge in [-0.3, -0.25) is 9.78 Å².